The summed E-state index contributed by atoms with van der Waals surface area (Å²) < 4.78 is 0. The quantitative estimate of drug-likeness (QED) is 0.0843. The Kier molecular flexibility index (Phi) is 24.4. The Morgan fingerprint density at radius 2 is 1.12 bits per heavy atom. The van der Waals surface area contributed by atoms with Gasteiger partial charge < -0.3 is 30.8 Å². The van der Waals surface area contributed by atoms with Crippen molar-refractivity contribution in [2.24, 2.45) is 0 Å². The maximum absolute atomic E-state index is 10.5. The van der Waals surface area contributed by atoms with Crippen LogP contribution in [-0.2, 0) is 24.0 Å². The third-order valence-corrected chi connectivity index (χ3v) is 5.57. The third-order valence-electron chi connectivity index (χ3n) is 5.57. The highest BCUT2D eigenvalue weighted by atomic mass is 16.6. The van der Waals surface area contributed by atoms with E-state index in [2.05, 4.69) is 10.6 Å². The first-order valence-corrected chi connectivity index (χ1v) is 13.6. The molecule has 1 aromatic rings. The second-order valence-electron chi connectivity index (χ2n) is 9.58. The number of carboxylic acids is 5. The zero-order chi connectivity index (χ0) is 33.2. The highest BCUT2D eigenvalue weighted by Crippen LogP contribution is 2.21. The Morgan fingerprint density at radius 1 is 0.744 bits per heavy atom. The number of benzene rings is 1. The van der Waals surface area contributed by atoms with Crippen LogP contribution in [-0.4, -0.2) is 112 Å². The van der Waals surface area contributed by atoms with Crippen LogP contribution in [0.3, 0.4) is 0 Å². The van der Waals surface area contributed by atoms with Gasteiger partial charge in [-0.1, -0.05) is 57.6 Å². The fraction of sp³-hybridized carbons (Fsp3) is 0.593. The van der Waals surface area contributed by atoms with Gasteiger partial charge in [0.2, 0.25) is 0 Å². The van der Waals surface area contributed by atoms with Gasteiger partial charge in [-0.25, -0.2) is 0 Å². The van der Waals surface area contributed by atoms with Crippen LogP contribution in [0.25, 0.3) is 0 Å². The van der Waals surface area contributed by atoms with Gasteiger partial charge in [-0.15, -0.1) is 0 Å². The fourth-order valence-electron chi connectivity index (χ4n) is 3.46. The number of likely N-dealkylation sites (N-methyl/N-ethyl adjacent to an activating group) is 1. The van der Waals surface area contributed by atoms with Crippen molar-refractivity contribution in [1.82, 2.24) is 15.5 Å². The summed E-state index contributed by atoms with van der Waals surface area (Å²) in [4.78, 5) is 60.9. The number of carbonyl (C=O) groups is 5. The minimum absolute atomic E-state index is 0.0486. The summed E-state index contributed by atoms with van der Waals surface area (Å²) in [6, 6.07) is 6.44. The van der Waals surface area contributed by atoms with Crippen LogP contribution in [0.15, 0.2) is 24.3 Å². The van der Waals surface area contributed by atoms with Gasteiger partial charge in [0, 0.05) is 12.1 Å². The van der Waals surface area contributed by atoms with E-state index < -0.39 is 34.8 Å². The molecule has 0 amide bonds. The van der Waals surface area contributed by atoms with Gasteiger partial charge in [0.1, 0.15) is 0 Å². The molecule has 16 heteroatoms. The maximum atomic E-state index is 10.5. The Labute approximate surface area is 249 Å². The molecule has 0 bridgehead atoms. The Hall–Kier alpha value is -4.15. The molecule has 0 saturated heterocycles. The first kappa shape index (κ1) is 41.0. The van der Waals surface area contributed by atoms with Crippen molar-refractivity contribution in [2.75, 3.05) is 46.3 Å². The van der Waals surface area contributed by atoms with E-state index in [-0.39, 0.29) is 44.3 Å². The summed E-state index contributed by atoms with van der Waals surface area (Å²) in [7, 11) is 1.43. The molecule has 1 aliphatic carbocycles. The number of hydrogen-bond acceptors (Lipinski definition) is 10. The normalized spacial score (nSPS) is 12.5. The first-order valence-electron chi connectivity index (χ1n) is 13.6. The lowest BCUT2D eigenvalue weighted by Gasteiger charge is -2.11. The molecule has 0 spiro atoms. The number of hydrogen-bond donors (Lipinski definition) is 7. The number of nitrogens with one attached hydrogen (secondary N) is 2. The highest BCUT2D eigenvalue weighted by Gasteiger charge is 2.09. The molecule has 0 heterocycles. The summed E-state index contributed by atoms with van der Waals surface area (Å²) >= 11 is 0. The van der Waals surface area contributed by atoms with E-state index in [0.29, 0.717) is 6.54 Å². The summed E-state index contributed by atoms with van der Waals surface area (Å²) in [5.41, 5.74) is 1.09. The number of rotatable bonds is 15. The minimum Gasteiger partial charge on any atom is -0.480 e. The van der Waals surface area contributed by atoms with Crippen molar-refractivity contribution in [2.45, 2.75) is 57.8 Å². The Bertz CT molecular complexity index is 943. The average molecular weight is 617 g/mol. The second-order valence-corrected chi connectivity index (χ2v) is 9.58. The van der Waals surface area contributed by atoms with Gasteiger partial charge in [0.05, 0.1) is 37.6 Å². The Balaban J connectivity index is 0. The van der Waals surface area contributed by atoms with E-state index in [9.17, 15) is 34.1 Å². The predicted molar refractivity (Wildman–Crippen MR) is 155 cm³/mol. The van der Waals surface area contributed by atoms with Crippen LogP contribution in [0.1, 0.15) is 63.4 Å². The van der Waals surface area contributed by atoms with Crippen molar-refractivity contribution in [3.63, 3.8) is 0 Å². The molecule has 1 unspecified atom stereocenters. The standard InChI is InChI=1S/C12H16N2O4.C6H12.C5H9NO4.C4H7NO4/c1-9(6-7-13-8-12(15)16)10-2-4-11(5-3-10)14(17)18;1-2-4-6-5-3-1;1-6(2-4(7)8)3-5(9)10;6-3(7)1-5-2-4(8)9/h2-5,9,13H,6-8H2,1H3,(H,15,16);1-6H2;2-3H2,1H3,(H,7,8)(H,9,10);5H,1-2H2,(H,6,7)(H,8,9). The summed E-state index contributed by atoms with van der Waals surface area (Å²) in [5, 5.41) is 56.2. The Morgan fingerprint density at radius 3 is 1.44 bits per heavy atom. The number of nitrogens with zero attached hydrogens (tertiary/aromatic N) is 2. The van der Waals surface area contributed by atoms with Gasteiger partial charge in [0.15, 0.2) is 0 Å². The van der Waals surface area contributed by atoms with Gasteiger partial charge in [-0.05, 0) is 31.5 Å². The van der Waals surface area contributed by atoms with E-state index in [4.69, 9.17) is 25.5 Å². The van der Waals surface area contributed by atoms with Gasteiger partial charge in [-0.3, -0.25) is 44.3 Å². The van der Waals surface area contributed by atoms with Crippen molar-refractivity contribution in [3.8, 4) is 0 Å². The molecule has 1 saturated carbocycles. The smallest absolute Gasteiger partial charge is 0.317 e. The predicted octanol–water partition coefficient (Wildman–Crippen LogP) is 1.94. The lowest BCUT2D eigenvalue weighted by molar-refractivity contribution is -0.384. The van der Waals surface area contributed by atoms with Crippen LogP contribution >= 0.6 is 0 Å². The highest BCUT2D eigenvalue weighted by molar-refractivity contribution is 5.73. The molecule has 16 nitrogen and oxygen atoms in total. The molecule has 43 heavy (non-hydrogen) atoms. The van der Waals surface area contributed by atoms with Crippen LogP contribution in [0.2, 0.25) is 0 Å². The van der Waals surface area contributed by atoms with Crippen LogP contribution in [0.5, 0.6) is 0 Å². The largest absolute Gasteiger partial charge is 0.480 e. The topological polar surface area (TPSA) is 257 Å². The molecule has 0 radical (unpaired) electrons. The van der Waals surface area contributed by atoms with Crippen molar-refractivity contribution in [3.05, 3.63) is 39.9 Å². The summed E-state index contributed by atoms with van der Waals surface area (Å²) in [6.45, 7) is 1.44. The molecular weight excluding hydrogens is 572 g/mol. The van der Waals surface area contributed by atoms with Crippen LogP contribution in [0.4, 0.5) is 5.69 Å². The molecule has 1 aliphatic rings. The van der Waals surface area contributed by atoms with E-state index in [1.807, 2.05) is 6.92 Å². The molecule has 7 N–H and O–H groups in total. The van der Waals surface area contributed by atoms with Crippen molar-refractivity contribution >= 4 is 35.5 Å². The second kappa shape index (κ2) is 25.6. The summed E-state index contributed by atoms with van der Waals surface area (Å²) in [5.74, 6) is -4.81. The lowest BCUT2D eigenvalue weighted by Crippen LogP contribution is -2.30. The molecule has 0 aromatic heterocycles. The van der Waals surface area contributed by atoms with E-state index in [0.717, 1.165) is 12.0 Å². The van der Waals surface area contributed by atoms with E-state index in [1.54, 1.807) is 12.1 Å². The molecule has 1 atom stereocenters. The molecule has 244 valence electrons. The number of non-ortho nitro benzene ring substituents is 1. The van der Waals surface area contributed by atoms with Gasteiger partial charge >= 0.3 is 29.8 Å². The lowest BCUT2D eigenvalue weighted by atomic mass is 9.97. The molecule has 2 rings (SSSR count). The van der Waals surface area contributed by atoms with Crippen LogP contribution < -0.4 is 10.6 Å². The minimum atomic E-state index is -1.06. The van der Waals surface area contributed by atoms with Crippen molar-refractivity contribution < 1.29 is 54.4 Å². The number of aliphatic carboxylic acids is 5. The zero-order valence-electron chi connectivity index (χ0n) is 24.6. The third kappa shape index (κ3) is 29.2. The number of carboxylic acid groups (broad SMARTS) is 5. The van der Waals surface area contributed by atoms with Crippen molar-refractivity contribution in [1.29, 1.82) is 0 Å². The SMILES string of the molecule is C1CCCCC1.CC(CCNCC(=O)O)c1ccc([N+](=O)[O-])cc1.CN(CC(=O)O)CC(=O)O.O=C(O)CNCC(=O)O. The molecule has 1 fully saturated rings. The average Bonchev–Trinajstić information content (AvgIpc) is 2.91. The van der Waals surface area contributed by atoms with E-state index >= 15 is 0 Å². The zero-order valence-corrected chi connectivity index (χ0v) is 24.6. The molecular formula is C27H44N4O12. The maximum Gasteiger partial charge on any atom is 0.317 e. The fourth-order valence-corrected chi connectivity index (χ4v) is 3.46. The molecule has 0 aliphatic heterocycles. The van der Waals surface area contributed by atoms with Crippen LogP contribution in [0, 0.1) is 10.1 Å². The summed E-state index contributed by atoms with van der Waals surface area (Å²) in [6.07, 6.45) is 9.78. The monoisotopic (exact) mass is 616 g/mol. The van der Waals surface area contributed by atoms with Gasteiger partial charge in [0.25, 0.3) is 5.69 Å². The van der Waals surface area contributed by atoms with E-state index in [1.165, 1.54) is 62.6 Å². The number of nitro groups is 1. The first-order chi connectivity index (χ1) is 20.1. The van der Waals surface area contributed by atoms with Gasteiger partial charge in [-0.2, -0.15) is 0 Å². The molecule has 1 aromatic carbocycles. The number of nitro benzene ring substituents is 1.